The van der Waals surface area contributed by atoms with E-state index in [4.69, 9.17) is 0 Å². The number of nitrogens with zero attached hydrogens (tertiary/aromatic N) is 2. The third kappa shape index (κ3) is 14.9. The van der Waals surface area contributed by atoms with Crippen molar-refractivity contribution in [1.82, 2.24) is 9.80 Å². The van der Waals surface area contributed by atoms with Gasteiger partial charge < -0.3 is 9.80 Å². The second kappa shape index (κ2) is 21.2. The van der Waals surface area contributed by atoms with Crippen molar-refractivity contribution in [2.45, 2.75) is 162 Å². The van der Waals surface area contributed by atoms with E-state index in [-0.39, 0.29) is 0 Å². The van der Waals surface area contributed by atoms with Gasteiger partial charge in [-0.15, -0.1) is 0 Å². The van der Waals surface area contributed by atoms with Crippen LogP contribution in [0.5, 0.6) is 0 Å². The molecule has 0 bridgehead atoms. The van der Waals surface area contributed by atoms with E-state index in [1.165, 1.54) is 148 Å². The largest absolute Gasteiger partial charge is 0.356 e. The van der Waals surface area contributed by atoms with E-state index in [0.29, 0.717) is 6.17 Å². The average molecular weight is 435 g/mol. The molecule has 1 atom stereocenters. The molecule has 0 amide bonds. The van der Waals surface area contributed by atoms with Gasteiger partial charge in [-0.2, -0.15) is 0 Å². The predicted octanol–water partition coefficient (Wildman–Crippen LogP) is 9.65. The van der Waals surface area contributed by atoms with Crippen molar-refractivity contribution in [3.8, 4) is 0 Å². The van der Waals surface area contributed by atoms with E-state index >= 15 is 0 Å². The quantitative estimate of drug-likeness (QED) is 0.148. The summed E-state index contributed by atoms with van der Waals surface area (Å²) >= 11 is 0. The Hall–Kier alpha value is -0.660. The van der Waals surface area contributed by atoms with Crippen LogP contribution in [0.25, 0.3) is 0 Å². The molecule has 0 saturated carbocycles. The van der Waals surface area contributed by atoms with E-state index in [9.17, 15) is 0 Å². The van der Waals surface area contributed by atoms with Gasteiger partial charge in [-0.25, -0.2) is 0 Å². The van der Waals surface area contributed by atoms with Crippen molar-refractivity contribution in [3.63, 3.8) is 0 Å². The molecule has 0 saturated heterocycles. The maximum absolute atomic E-state index is 2.64. The van der Waals surface area contributed by atoms with Crippen LogP contribution >= 0.6 is 0 Å². The van der Waals surface area contributed by atoms with Crippen molar-refractivity contribution >= 4 is 0 Å². The summed E-state index contributed by atoms with van der Waals surface area (Å²) in [5.41, 5.74) is 0. The Bertz CT molecular complexity index is 392. The Morgan fingerprint density at radius 2 is 0.742 bits per heavy atom. The lowest BCUT2D eigenvalue weighted by atomic mass is 10.1. The summed E-state index contributed by atoms with van der Waals surface area (Å²) < 4.78 is 0. The monoisotopic (exact) mass is 434 g/mol. The first-order valence-corrected chi connectivity index (χ1v) is 14.5. The highest BCUT2D eigenvalue weighted by Crippen LogP contribution is 2.22. The molecule has 1 aliphatic heterocycles. The van der Waals surface area contributed by atoms with Crippen LogP contribution in [0.15, 0.2) is 12.4 Å². The molecule has 1 unspecified atom stereocenters. The van der Waals surface area contributed by atoms with Gasteiger partial charge >= 0.3 is 0 Å². The highest BCUT2D eigenvalue weighted by Gasteiger charge is 2.24. The topological polar surface area (TPSA) is 6.48 Å². The molecule has 1 rings (SSSR count). The Morgan fingerprint density at radius 1 is 0.419 bits per heavy atom. The van der Waals surface area contributed by atoms with Crippen molar-refractivity contribution in [2.24, 2.45) is 0 Å². The van der Waals surface area contributed by atoms with Crippen LogP contribution in [-0.2, 0) is 0 Å². The molecule has 2 heteroatoms. The summed E-state index contributed by atoms with van der Waals surface area (Å²) in [6.07, 6.45) is 35.1. The molecule has 0 aromatic rings. The van der Waals surface area contributed by atoms with E-state index < -0.39 is 0 Å². The standard InChI is InChI=1S/C29H58N2/c1-4-7-9-11-13-15-16-17-19-21-23-26-31-28-27-30(29(31)24-6-3)25-22-20-18-14-12-10-8-5-2/h27-29H,4-26H2,1-3H3. The lowest BCUT2D eigenvalue weighted by Gasteiger charge is -2.33. The zero-order valence-electron chi connectivity index (χ0n) is 21.9. The predicted molar refractivity (Wildman–Crippen MR) is 140 cm³/mol. The van der Waals surface area contributed by atoms with Crippen LogP contribution in [0.3, 0.4) is 0 Å². The minimum Gasteiger partial charge on any atom is -0.356 e. The molecule has 1 aliphatic rings. The SMILES string of the molecule is CCCCCCCCCCCCCN1C=CN(CCCCCCCCCC)C1CCC. The zero-order chi connectivity index (χ0) is 22.4. The first-order chi connectivity index (χ1) is 15.3. The smallest absolute Gasteiger partial charge is 0.101 e. The first-order valence-electron chi connectivity index (χ1n) is 14.5. The molecule has 2 nitrogen and oxygen atoms in total. The van der Waals surface area contributed by atoms with Gasteiger partial charge in [0, 0.05) is 25.5 Å². The van der Waals surface area contributed by atoms with E-state index in [2.05, 4.69) is 43.0 Å². The van der Waals surface area contributed by atoms with Gasteiger partial charge in [0.05, 0.1) is 0 Å². The number of unbranched alkanes of at least 4 members (excludes halogenated alkanes) is 17. The van der Waals surface area contributed by atoms with E-state index in [1.54, 1.807) is 0 Å². The fourth-order valence-electron chi connectivity index (χ4n) is 4.98. The minimum atomic E-state index is 0.637. The molecule has 0 aromatic carbocycles. The van der Waals surface area contributed by atoms with Gasteiger partial charge in [-0.05, 0) is 19.3 Å². The number of hydrogen-bond acceptors (Lipinski definition) is 2. The molecule has 0 aromatic heterocycles. The van der Waals surface area contributed by atoms with Crippen LogP contribution in [0, 0.1) is 0 Å². The Morgan fingerprint density at radius 3 is 1.06 bits per heavy atom. The van der Waals surface area contributed by atoms with Crippen LogP contribution in [0.4, 0.5) is 0 Å². The molecular formula is C29H58N2. The summed E-state index contributed by atoms with van der Waals surface area (Å²) in [6.45, 7) is 9.46. The second-order valence-corrected chi connectivity index (χ2v) is 10.1. The maximum atomic E-state index is 2.64. The number of hydrogen-bond donors (Lipinski definition) is 0. The highest BCUT2D eigenvalue weighted by molar-refractivity contribution is 4.96. The Balaban J connectivity index is 2.04. The van der Waals surface area contributed by atoms with Crippen LogP contribution in [0.2, 0.25) is 0 Å². The fourth-order valence-corrected chi connectivity index (χ4v) is 4.98. The molecular weight excluding hydrogens is 376 g/mol. The van der Waals surface area contributed by atoms with Crippen LogP contribution < -0.4 is 0 Å². The zero-order valence-corrected chi connectivity index (χ0v) is 21.9. The summed E-state index contributed by atoms with van der Waals surface area (Å²) in [7, 11) is 0. The molecule has 0 fully saturated rings. The van der Waals surface area contributed by atoms with Gasteiger partial charge in [-0.1, -0.05) is 136 Å². The second-order valence-electron chi connectivity index (χ2n) is 10.1. The van der Waals surface area contributed by atoms with Crippen molar-refractivity contribution in [1.29, 1.82) is 0 Å². The van der Waals surface area contributed by atoms with E-state index in [1.807, 2.05) is 0 Å². The minimum absolute atomic E-state index is 0.637. The van der Waals surface area contributed by atoms with Gasteiger partial charge in [0.1, 0.15) is 6.17 Å². The van der Waals surface area contributed by atoms with Gasteiger partial charge in [0.25, 0.3) is 0 Å². The lowest BCUT2D eigenvalue weighted by Crippen LogP contribution is -2.39. The Labute approximate surface area is 197 Å². The molecule has 1 heterocycles. The van der Waals surface area contributed by atoms with Crippen molar-refractivity contribution in [2.75, 3.05) is 13.1 Å². The summed E-state index contributed by atoms with van der Waals surface area (Å²) in [6, 6.07) is 0. The molecule has 184 valence electrons. The first kappa shape index (κ1) is 28.4. The molecule has 31 heavy (non-hydrogen) atoms. The summed E-state index contributed by atoms with van der Waals surface area (Å²) in [5, 5.41) is 0. The third-order valence-corrected chi connectivity index (χ3v) is 7.05. The third-order valence-electron chi connectivity index (χ3n) is 7.05. The molecule has 0 radical (unpaired) electrons. The Kier molecular flexibility index (Phi) is 19.4. The van der Waals surface area contributed by atoms with Crippen molar-refractivity contribution < 1.29 is 0 Å². The van der Waals surface area contributed by atoms with E-state index in [0.717, 1.165) is 0 Å². The van der Waals surface area contributed by atoms with Crippen molar-refractivity contribution in [3.05, 3.63) is 12.4 Å². The average Bonchev–Trinajstić information content (AvgIpc) is 3.15. The molecule has 0 aliphatic carbocycles. The van der Waals surface area contributed by atoms with Gasteiger partial charge in [0.2, 0.25) is 0 Å². The lowest BCUT2D eigenvalue weighted by molar-refractivity contribution is 0.138. The number of rotatable bonds is 23. The summed E-state index contributed by atoms with van der Waals surface area (Å²) in [4.78, 5) is 5.28. The maximum Gasteiger partial charge on any atom is 0.101 e. The molecule has 0 spiro atoms. The van der Waals surface area contributed by atoms with Crippen LogP contribution in [-0.4, -0.2) is 29.1 Å². The highest BCUT2D eigenvalue weighted by atomic mass is 15.4. The van der Waals surface area contributed by atoms with Gasteiger partial charge in [0.15, 0.2) is 0 Å². The molecule has 0 N–H and O–H groups in total. The normalized spacial score (nSPS) is 16.0. The van der Waals surface area contributed by atoms with Gasteiger partial charge in [-0.3, -0.25) is 0 Å². The summed E-state index contributed by atoms with van der Waals surface area (Å²) in [5.74, 6) is 0. The van der Waals surface area contributed by atoms with Crippen LogP contribution in [0.1, 0.15) is 156 Å². The fraction of sp³-hybridized carbons (Fsp3) is 0.931.